The van der Waals surface area contributed by atoms with Gasteiger partial charge in [-0.1, -0.05) is 29.3 Å². The Morgan fingerprint density at radius 2 is 2.31 bits per heavy atom. The first-order valence-electron chi connectivity index (χ1n) is 4.97. The first kappa shape index (κ1) is 13.6. The molecule has 0 N–H and O–H groups in total. The molecule has 4 nitrogen and oxygen atoms in total. The first-order valence-corrected chi connectivity index (χ1v) is 6.68. The molecule has 16 heavy (non-hydrogen) atoms. The zero-order chi connectivity index (χ0) is 12.1. The molecule has 0 aliphatic heterocycles. The maximum absolute atomic E-state index is 10.8. The SMILES string of the molecule is CCCC(Br)Cc1ncc(Br)cc1[N+](=O)[O-]. The fraction of sp³-hybridized carbons (Fsp3) is 0.500. The van der Waals surface area contributed by atoms with Gasteiger partial charge in [0.2, 0.25) is 0 Å². The number of hydrogen-bond donors (Lipinski definition) is 0. The van der Waals surface area contributed by atoms with Crippen LogP contribution >= 0.6 is 31.9 Å². The van der Waals surface area contributed by atoms with Crippen molar-refractivity contribution < 1.29 is 4.92 Å². The summed E-state index contributed by atoms with van der Waals surface area (Å²) in [7, 11) is 0. The molecule has 0 spiro atoms. The summed E-state index contributed by atoms with van der Waals surface area (Å²) in [5, 5.41) is 10.8. The number of alkyl halides is 1. The lowest BCUT2D eigenvalue weighted by Gasteiger charge is -2.07. The number of nitro groups is 1. The van der Waals surface area contributed by atoms with Gasteiger partial charge in [0.05, 0.1) is 4.92 Å². The highest BCUT2D eigenvalue weighted by atomic mass is 79.9. The molecule has 1 aromatic rings. The summed E-state index contributed by atoms with van der Waals surface area (Å²) < 4.78 is 0.629. The lowest BCUT2D eigenvalue weighted by molar-refractivity contribution is -0.386. The largest absolute Gasteiger partial charge is 0.291 e. The molecule has 0 aliphatic carbocycles. The summed E-state index contributed by atoms with van der Waals surface area (Å²) >= 11 is 6.69. The van der Waals surface area contributed by atoms with E-state index in [-0.39, 0.29) is 10.5 Å². The standard InChI is InChI=1S/C10H12Br2N2O2/c1-2-3-7(11)4-9-10(14(15)16)5-8(12)6-13-9/h5-7H,2-4H2,1H3. The highest BCUT2D eigenvalue weighted by Gasteiger charge is 2.18. The highest BCUT2D eigenvalue weighted by Crippen LogP contribution is 2.24. The van der Waals surface area contributed by atoms with E-state index in [1.165, 1.54) is 6.07 Å². The molecule has 0 radical (unpaired) electrons. The molecule has 1 aromatic heterocycles. The monoisotopic (exact) mass is 350 g/mol. The van der Waals surface area contributed by atoms with Gasteiger partial charge in [-0.15, -0.1) is 0 Å². The Labute approximate surface area is 111 Å². The highest BCUT2D eigenvalue weighted by molar-refractivity contribution is 9.10. The van der Waals surface area contributed by atoms with E-state index in [1.807, 2.05) is 0 Å². The molecule has 0 fully saturated rings. The summed E-state index contributed by atoms with van der Waals surface area (Å²) in [4.78, 5) is 14.8. The van der Waals surface area contributed by atoms with Gasteiger partial charge in [0.15, 0.2) is 0 Å². The molecule has 1 unspecified atom stereocenters. The topological polar surface area (TPSA) is 56.0 Å². The summed E-state index contributed by atoms with van der Waals surface area (Å²) in [5.41, 5.74) is 0.610. The number of halogens is 2. The van der Waals surface area contributed by atoms with Gasteiger partial charge in [0.25, 0.3) is 5.69 Å². The van der Waals surface area contributed by atoms with Crippen molar-refractivity contribution in [3.63, 3.8) is 0 Å². The number of hydrogen-bond acceptors (Lipinski definition) is 3. The molecular formula is C10H12Br2N2O2. The Kier molecular flexibility index (Phi) is 5.34. The maximum Gasteiger partial charge on any atom is 0.291 e. The minimum atomic E-state index is -0.390. The van der Waals surface area contributed by atoms with Gasteiger partial charge >= 0.3 is 0 Å². The van der Waals surface area contributed by atoms with Gasteiger partial charge in [0, 0.05) is 28.0 Å². The molecule has 0 amide bonds. The Morgan fingerprint density at radius 3 is 2.88 bits per heavy atom. The summed E-state index contributed by atoms with van der Waals surface area (Å²) in [6.07, 6.45) is 4.20. The molecule has 0 aromatic carbocycles. The van der Waals surface area contributed by atoms with Crippen LogP contribution in [0.5, 0.6) is 0 Å². The lowest BCUT2D eigenvalue weighted by Crippen LogP contribution is -2.07. The maximum atomic E-state index is 10.8. The molecule has 1 heterocycles. The van der Waals surface area contributed by atoms with Gasteiger partial charge < -0.3 is 0 Å². The Hall–Kier alpha value is -0.490. The van der Waals surface area contributed by atoms with Crippen molar-refractivity contribution in [1.29, 1.82) is 0 Å². The quantitative estimate of drug-likeness (QED) is 0.459. The average Bonchev–Trinajstić information content (AvgIpc) is 2.20. The van der Waals surface area contributed by atoms with Gasteiger partial charge in [-0.25, -0.2) is 0 Å². The fourth-order valence-corrected chi connectivity index (χ4v) is 2.48. The van der Waals surface area contributed by atoms with Crippen LogP contribution in [0.25, 0.3) is 0 Å². The van der Waals surface area contributed by atoms with Gasteiger partial charge in [-0.2, -0.15) is 0 Å². The molecule has 0 bridgehead atoms. The van der Waals surface area contributed by atoms with E-state index in [9.17, 15) is 10.1 Å². The molecule has 0 saturated heterocycles. The number of pyridine rings is 1. The third kappa shape index (κ3) is 3.83. The fourth-order valence-electron chi connectivity index (χ4n) is 1.40. The number of nitrogens with zero attached hydrogens (tertiary/aromatic N) is 2. The van der Waals surface area contributed by atoms with Crippen LogP contribution in [0.4, 0.5) is 5.69 Å². The Balaban J connectivity index is 2.90. The smallest absolute Gasteiger partial charge is 0.258 e. The van der Waals surface area contributed by atoms with Crippen molar-refractivity contribution in [1.82, 2.24) is 4.98 Å². The molecule has 88 valence electrons. The Bertz CT molecular complexity index is 385. The van der Waals surface area contributed by atoms with Crippen LogP contribution in [0, 0.1) is 10.1 Å². The predicted octanol–water partition coefficient (Wildman–Crippen LogP) is 3.86. The van der Waals surface area contributed by atoms with Crippen LogP contribution in [0.2, 0.25) is 0 Å². The molecule has 1 rings (SSSR count). The van der Waals surface area contributed by atoms with E-state index in [2.05, 4.69) is 43.8 Å². The second kappa shape index (κ2) is 6.30. The number of rotatable bonds is 5. The normalized spacial score (nSPS) is 12.4. The van der Waals surface area contributed by atoms with E-state index in [0.717, 1.165) is 12.8 Å². The van der Waals surface area contributed by atoms with Crippen molar-refractivity contribution in [3.05, 3.63) is 32.5 Å². The van der Waals surface area contributed by atoms with Crippen molar-refractivity contribution >= 4 is 37.5 Å². The summed E-state index contributed by atoms with van der Waals surface area (Å²) in [5.74, 6) is 0. The second-order valence-electron chi connectivity index (χ2n) is 3.47. The molecule has 1 atom stereocenters. The van der Waals surface area contributed by atoms with Gasteiger partial charge in [0.1, 0.15) is 5.69 Å². The zero-order valence-corrected chi connectivity index (χ0v) is 12.0. The van der Waals surface area contributed by atoms with Crippen LogP contribution in [0.15, 0.2) is 16.7 Å². The van der Waals surface area contributed by atoms with Crippen LogP contribution in [-0.2, 0) is 6.42 Å². The third-order valence-electron chi connectivity index (χ3n) is 2.13. The minimum Gasteiger partial charge on any atom is -0.258 e. The average molecular weight is 352 g/mol. The lowest BCUT2D eigenvalue weighted by atomic mass is 10.1. The number of aromatic nitrogens is 1. The van der Waals surface area contributed by atoms with Gasteiger partial charge in [-0.05, 0) is 22.4 Å². The first-order chi connectivity index (χ1) is 7.54. The molecular weight excluding hydrogens is 340 g/mol. The molecule has 0 aliphatic rings. The van der Waals surface area contributed by atoms with Crippen molar-refractivity contribution in [2.24, 2.45) is 0 Å². The minimum absolute atomic E-state index is 0.0786. The summed E-state index contributed by atoms with van der Waals surface area (Å²) in [6.45, 7) is 2.08. The second-order valence-corrected chi connectivity index (χ2v) is 5.68. The van der Waals surface area contributed by atoms with Gasteiger partial charge in [-0.3, -0.25) is 15.1 Å². The zero-order valence-electron chi connectivity index (χ0n) is 8.82. The predicted molar refractivity (Wildman–Crippen MR) is 69.9 cm³/mol. The van der Waals surface area contributed by atoms with Crippen molar-refractivity contribution in [2.75, 3.05) is 0 Å². The molecule has 6 heteroatoms. The van der Waals surface area contributed by atoms with Crippen LogP contribution < -0.4 is 0 Å². The third-order valence-corrected chi connectivity index (χ3v) is 3.34. The van der Waals surface area contributed by atoms with Crippen LogP contribution in [-0.4, -0.2) is 14.7 Å². The van der Waals surface area contributed by atoms with E-state index >= 15 is 0 Å². The van der Waals surface area contributed by atoms with Crippen LogP contribution in [0.1, 0.15) is 25.5 Å². The molecule has 0 saturated carbocycles. The van der Waals surface area contributed by atoms with E-state index < -0.39 is 4.92 Å². The van der Waals surface area contributed by atoms with E-state index in [1.54, 1.807) is 6.20 Å². The van der Waals surface area contributed by atoms with E-state index in [4.69, 9.17) is 0 Å². The van der Waals surface area contributed by atoms with E-state index in [0.29, 0.717) is 16.6 Å². The Morgan fingerprint density at radius 1 is 1.62 bits per heavy atom. The van der Waals surface area contributed by atoms with Crippen molar-refractivity contribution in [2.45, 2.75) is 31.0 Å². The summed E-state index contributed by atoms with van der Waals surface area (Å²) in [6, 6.07) is 1.49. The van der Waals surface area contributed by atoms with Crippen LogP contribution in [0.3, 0.4) is 0 Å². The van der Waals surface area contributed by atoms with Crippen molar-refractivity contribution in [3.8, 4) is 0 Å².